The average Bonchev–Trinajstić information content (AvgIpc) is 2.88. The van der Waals surface area contributed by atoms with Crippen molar-refractivity contribution in [2.45, 2.75) is 19.4 Å². The molecule has 1 fully saturated rings. The number of rotatable bonds is 3. The first-order valence-electron chi connectivity index (χ1n) is 7.82. The second kappa shape index (κ2) is 6.89. The van der Waals surface area contributed by atoms with E-state index < -0.39 is 16.1 Å². The lowest BCUT2D eigenvalue weighted by Crippen LogP contribution is -2.38. The number of nitrogens with zero attached hydrogens (tertiary/aromatic N) is 5. The summed E-state index contributed by atoms with van der Waals surface area (Å²) < 4.78 is 30.9. The summed E-state index contributed by atoms with van der Waals surface area (Å²) in [5, 5.41) is 3.74. The maximum atomic E-state index is 12.6. The van der Waals surface area contributed by atoms with Crippen LogP contribution in [0.2, 0.25) is 0 Å². The van der Waals surface area contributed by atoms with E-state index in [9.17, 15) is 13.2 Å². The first kappa shape index (κ1) is 17.5. The number of aromatic nitrogens is 3. The first-order chi connectivity index (χ1) is 11.9. The van der Waals surface area contributed by atoms with E-state index in [0.29, 0.717) is 24.4 Å². The Balaban J connectivity index is 1.85. The van der Waals surface area contributed by atoms with Crippen molar-refractivity contribution in [1.82, 2.24) is 24.3 Å². The molecule has 1 atom stereocenters. The van der Waals surface area contributed by atoms with Crippen LogP contribution in [0.3, 0.4) is 0 Å². The summed E-state index contributed by atoms with van der Waals surface area (Å²) >= 11 is 0. The molecule has 1 amide bonds. The number of carbonyl (C=O) groups excluding carboxylic acids is 1. The summed E-state index contributed by atoms with van der Waals surface area (Å²) in [4.78, 5) is 22.4. The van der Waals surface area contributed by atoms with Gasteiger partial charge in [0.05, 0.1) is 11.8 Å². The van der Waals surface area contributed by atoms with Crippen LogP contribution in [0.15, 0.2) is 29.0 Å². The number of carbonyl (C=O) groups is 1. The standard InChI is InChI=1S/C15H19N5O4S/c1-11-17-14(24-18-11)13-5-7-19(8-9-20(13)25(2,22)23)15(21)12-4-3-6-16-10-12/h3-4,6,10,13H,5,7-9H2,1-2H3. The fraction of sp³-hybridized carbons (Fsp3) is 0.467. The molecule has 0 N–H and O–H groups in total. The van der Waals surface area contributed by atoms with Crippen molar-refractivity contribution in [1.29, 1.82) is 0 Å². The zero-order chi connectivity index (χ0) is 18.0. The summed E-state index contributed by atoms with van der Waals surface area (Å²) in [6.07, 6.45) is 4.61. The Kier molecular flexibility index (Phi) is 4.82. The van der Waals surface area contributed by atoms with E-state index >= 15 is 0 Å². The third-order valence-electron chi connectivity index (χ3n) is 4.06. The fourth-order valence-corrected chi connectivity index (χ4v) is 3.95. The van der Waals surface area contributed by atoms with Gasteiger partial charge in [-0.3, -0.25) is 9.78 Å². The third kappa shape index (κ3) is 3.85. The van der Waals surface area contributed by atoms with Gasteiger partial charge in [0.15, 0.2) is 5.82 Å². The van der Waals surface area contributed by atoms with Gasteiger partial charge in [-0.15, -0.1) is 0 Å². The molecule has 1 saturated heterocycles. The highest BCUT2D eigenvalue weighted by atomic mass is 32.2. The Labute approximate surface area is 145 Å². The van der Waals surface area contributed by atoms with Crippen LogP contribution in [0.5, 0.6) is 0 Å². The smallest absolute Gasteiger partial charge is 0.255 e. The predicted molar refractivity (Wildman–Crippen MR) is 88.1 cm³/mol. The van der Waals surface area contributed by atoms with E-state index in [1.54, 1.807) is 30.2 Å². The molecule has 25 heavy (non-hydrogen) atoms. The highest BCUT2D eigenvalue weighted by Gasteiger charge is 2.36. The molecule has 2 aromatic heterocycles. The van der Waals surface area contributed by atoms with Crippen molar-refractivity contribution in [3.63, 3.8) is 0 Å². The second-order valence-electron chi connectivity index (χ2n) is 5.89. The topological polar surface area (TPSA) is 110 Å². The molecule has 3 heterocycles. The van der Waals surface area contributed by atoms with Crippen LogP contribution in [0, 0.1) is 6.92 Å². The summed E-state index contributed by atoms with van der Waals surface area (Å²) in [6.45, 7) is 2.50. The zero-order valence-electron chi connectivity index (χ0n) is 14.0. The maximum absolute atomic E-state index is 12.6. The highest BCUT2D eigenvalue weighted by molar-refractivity contribution is 7.88. The van der Waals surface area contributed by atoms with Gasteiger partial charge < -0.3 is 9.42 Å². The maximum Gasteiger partial charge on any atom is 0.255 e. The molecule has 10 heteroatoms. The van der Waals surface area contributed by atoms with Gasteiger partial charge in [-0.1, -0.05) is 5.16 Å². The van der Waals surface area contributed by atoms with Crippen molar-refractivity contribution < 1.29 is 17.7 Å². The molecule has 9 nitrogen and oxygen atoms in total. The molecule has 0 spiro atoms. The van der Waals surface area contributed by atoms with Gasteiger partial charge in [0.2, 0.25) is 15.9 Å². The van der Waals surface area contributed by atoms with Gasteiger partial charge in [-0.2, -0.15) is 9.29 Å². The molecule has 1 aliphatic heterocycles. The lowest BCUT2D eigenvalue weighted by Gasteiger charge is -2.24. The molecular formula is C15H19N5O4S. The van der Waals surface area contributed by atoms with Crippen molar-refractivity contribution in [3.8, 4) is 0 Å². The van der Waals surface area contributed by atoms with Gasteiger partial charge in [0, 0.05) is 32.0 Å². The number of aryl methyl sites for hydroxylation is 1. The largest absolute Gasteiger partial charge is 0.338 e. The third-order valence-corrected chi connectivity index (χ3v) is 5.35. The Hall–Kier alpha value is -2.33. The van der Waals surface area contributed by atoms with Gasteiger partial charge in [0.1, 0.15) is 6.04 Å². The van der Waals surface area contributed by atoms with E-state index in [2.05, 4.69) is 15.1 Å². The van der Waals surface area contributed by atoms with Crippen LogP contribution in [-0.2, 0) is 10.0 Å². The fourth-order valence-electron chi connectivity index (χ4n) is 2.88. The van der Waals surface area contributed by atoms with Crippen LogP contribution in [0.25, 0.3) is 0 Å². The van der Waals surface area contributed by atoms with E-state index in [4.69, 9.17) is 4.52 Å². The number of amides is 1. The Morgan fingerprint density at radius 2 is 2.12 bits per heavy atom. The van der Waals surface area contributed by atoms with E-state index in [0.717, 1.165) is 6.26 Å². The monoisotopic (exact) mass is 365 g/mol. The van der Waals surface area contributed by atoms with Gasteiger partial charge in [-0.25, -0.2) is 8.42 Å². The Morgan fingerprint density at radius 3 is 2.72 bits per heavy atom. The van der Waals surface area contributed by atoms with E-state index in [1.165, 1.54) is 10.5 Å². The van der Waals surface area contributed by atoms with Crippen LogP contribution >= 0.6 is 0 Å². The minimum Gasteiger partial charge on any atom is -0.338 e. The lowest BCUT2D eigenvalue weighted by molar-refractivity contribution is 0.0763. The van der Waals surface area contributed by atoms with Crippen molar-refractivity contribution in [2.24, 2.45) is 0 Å². The molecule has 1 unspecified atom stereocenters. The number of sulfonamides is 1. The van der Waals surface area contributed by atoms with Crippen molar-refractivity contribution in [3.05, 3.63) is 41.8 Å². The molecule has 0 radical (unpaired) electrons. The molecule has 0 aromatic carbocycles. The number of hydrogen-bond donors (Lipinski definition) is 0. The summed E-state index contributed by atoms with van der Waals surface area (Å²) in [6, 6.07) is 2.80. The Morgan fingerprint density at radius 1 is 1.32 bits per heavy atom. The molecule has 2 aromatic rings. The molecule has 3 rings (SSSR count). The SMILES string of the molecule is Cc1noc(C2CCN(C(=O)c3cccnc3)CCN2S(C)(=O)=O)n1. The van der Waals surface area contributed by atoms with Crippen LogP contribution in [-0.4, -0.2) is 64.5 Å². The summed E-state index contributed by atoms with van der Waals surface area (Å²) in [7, 11) is -3.50. The molecule has 0 bridgehead atoms. The van der Waals surface area contributed by atoms with Gasteiger partial charge in [0.25, 0.3) is 5.91 Å². The molecule has 0 saturated carbocycles. The summed E-state index contributed by atoms with van der Waals surface area (Å²) in [5.41, 5.74) is 0.473. The molecule has 0 aliphatic carbocycles. The summed E-state index contributed by atoms with van der Waals surface area (Å²) in [5.74, 6) is 0.513. The average molecular weight is 365 g/mol. The number of hydrogen-bond acceptors (Lipinski definition) is 7. The van der Waals surface area contributed by atoms with Crippen LogP contribution in [0.1, 0.15) is 34.5 Å². The molecule has 1 aliphatic rings. The minimum absolute atomic E-state index is 0.164. The second-order valence-corrected chi connectivity index (χ2v) is 7.83. The zero-order valence-corrected chi connectivity index (χ0v) is 14.8. The normalized spacial score (nSPS) is 19.6. The van der Waals surface area contributed by atoms with Crippen LogP contribution < -0.4 is 0 Å². The van der Waals surface area contributed by atoms with E-state index in [1.807, 2.05) is 0 Å². The van der Waals surface area contributed by atoms with Crippen LogP contribution in [0.4, 0.5) is 0 Å². The van der Waals surface area contributed by atoms with Gasteiger partial charge in [-0.05, 0) is 25.5 Å². The first-order valence-corrected chi connectivity index (χ1v) is 9.67. The van der Waals surface area contributed by atoms with Crippen molar-refractivity contribution >= 4 is 15.9 Å². The Bertz CT molecular complexity index is 852. The predicted octanol–water partition coefficient (Wildman–Crippen LogP) is 0.622. The highest BCUT2D eigenvalue weighted by Crippen LogP contribution is 2.28. The molecule has 134 valence electrons. The van der Waals surface area contributed by atoms with E-state index in [-0.39, 0.29) is 24.9 Å². The quantitative estimate of drug-likeness (QED) is 0.784. The lowest BCUT2D eigenvalue weighted by atomic mass is 10.2. The molecular weight excluding hydrogens is 346 g/mol. The van der Waals surface area contributed by atoms with Gasteiger partial charge >= 0.3 is 0 Å². The minimum atomic E-state index is -3.50. The number of pyridine rings is 1. The van der Waals surface area contributed by atoms with Crippen molar-refractivity contribution in [2.75, 3.05) is 25.9 Å².